The first-order valence-electron chi connectivity index (χ1n) is 6.38. The first kappa shape index (κ1) is 19.1. The molecule has 0 spiro atoms. The number of cyclic esters (lactones) is 2. The van der Waals surface area contributed by atoms with Crippen LogP contribution in [0.4, 0.5) is 0 Å². The molecule has 1 aliphatic rings. The van der Waals surface area contributed by atoms with Gasteiger partial charge in [0.05, 0.1) is 37.9 Å². The largest absolute Gasteiger partial charge is 0.472 e. The lowest BCUT2D eigenvalue weighted by molar-refractivity contribution is -0.151. The van der Waals surface area contributed by atoms with Gasteiger partial charge in [-0.15, -0.1) is 0 Å². The summed E-state index contributed by atoms with van der Waals surface area (Å²) in [6.45, 7) is 5.34. The monoisotopic (exact) mass is 302 g/mol. The Morgan fingerprint density at radius 2 is 1.67 bits per heavy atom. The quantitative estimate of drug-likeness (QED) is 0.717. The number of esters is 2. The highest BCUT2D eigenvalue weighted by molar-refractivity contribution is 5.82. The first-order chi connectivity index (χ1) is 9.80. The van der Waals surface area contributed by atoms with E-state index in [0.29, 0.717) is 0 Å². The van der Waals surface area contributed by atoms with E-state index in [-0.39, 0.29) is 25.2 Å². The van der Waals surface area contributed by atoms with Crippen molar-refractivity contribution in [2.75, 3.05) is 19.8 Å². The van der Waals surface area contributed by atoms with Gasteiger partial charge < -0.3 is 24.4 Å². The molecule has 0 bridgehead atoms. The number of aliphatic hydroxyl groups excluding tert-OH is 2. The third-order valence-corrected chi connectivity index (χ3v) is 2.20. The molecule has 2 N–H and O–H groups in total. The molecule has 1 rings (SSSR count). The number of carbonyl (C=O) groups excluding carboxylic acids is 2. The lowest BCUT2D eigenvalue weighted by Gasteiger charge is -2.16. The molecule has 1 atom stereocenters. The minimum Gasteiger partial charge on any atom is -0.472 e. The number of aliphatic hydroxyl groups is 2. The molecular weight excluding hydrogens is 280 g/mol. The van der Waals surface area contributed by atoms with Crippen LogP contribution in [0.15, 0.2) is 24.7 Å². The Bertz CT molecular complexity index is 379. The summed E-state index contributed by atoms with van der Waals surface area (Å²) in [7, 11) is 0. The van der Waals surface area contributed by atoms with Crippen LogP contribution in [-0.2, 0) is 23.8 Å². The molecule has 0 aliphatic carbocycles. The van der Waals surface area contributed by atoms with Gasteiger partial charge in [0.15, 0.2) is 0 Å². The molecule has 21 heavy (non-hydrogen) atoms. The zero-order chi connectivity index (χ0) is 16.3. The van der Waals surface area contributed by atoms with Crippen LogP contribution in [-0.4, -0.2) is 48.1 Å². The van der Waals surface area contributed by atoms with Crippen molar-refractivity contribution in [3.05, 3.63) is 24.7 Å². The maximum Gasteiger partial charge on any atom is 0.334 e. The molecule has 0 aromatic heterocycles. The van der Waals surface area contributed by atoms with Crippen LogP contribution < -0.4 is 0 Å². The molecule has 1 aliphatic heterocycles. The molecule has 0 fully saturated rings. The predicted octanol–water partition coefficient (Wildman–Crippen LogP) is 0.516. The fraction of sp³-hybridized carbons (Fsp3) is 0.571. The van der Waals surface area contributed by atoms with Crippen LogP contribution in [0.2, 0.25) is 0 Å². The molecular formula is C14H22O7. The van der Waals surface area contributed by atoms with Gasteiger partial charge in [-0.3, -0.25) is 0 Å². The van der Waals surface area contributed by atoms with E-state index in [2.05, 4.69) is 4.74 Å². The third kappa shape index (κ3) is 10.6. The average Bonchev–Trinajstić information content (AvgIpc) is 2.47. The summed E-state index contributed by atoms with van der Waals surface area (Å²) in [5.74, 6) is -1.08. The summed E-state index contributed by atoms with van der Waals surface area (Å²) in [5, 5.41) is 16.9. The molecule has 1 unspecified atom stereocenters. The maximum atomic E-state index is 11.0. The Labute approximate surface area is 123 Å². The highest BCUT2D eigenvalue weighted by Gasteiger charge is 2.13. The fourth-order valence-electron chi connectivity index (χ4n) is 0.804. The van der Waals surface area contributed by atoms with Crippen molar-refractivity contribution in [2.24, 2.45) is 5.41 Å². The molecule has 0 saturated carbocycles. The van der Waals surface area contributed by atoms with E-state index >= 15 is 0 Å². The molecule has 7 heteroatoms. The van der Waals surface area contributed by atoms with Crippen molar-refractivity contribution in [2.45, 2.75) is 26.9 Å². The Morgan fingerprint density at radius 3 is 2.14 bits per heavy atom. The standard InChI is InChI=1S/C9H10O5.C5H12O2/c1-7-6-13-8(10)2-4-12-5-3-9(11)14-7;1-5(2,3-6)4-7/h2-5,7H,6H2,1H3;6-7H,3-4H2,1-2H3. The van der Waals surface area contributed by atoms with Gasteiger partial charge >= 0.3 is 11.9 Å². The van der Waals surface area contributed by atoms with Gasteiger partial charge in [0.25, 0.3) is 0 Å². The van der Waals surface area contributed by atoms with Crippen LogP contribution >= 0.6 is 0 Å². The van der Waals surface area contributed by atoms with Crippen LogP contribution in [0.1, 0.15) is 20.8 Å². The molecule has 0 radical (unpaired) electrons. The Morgan fingerprint density at radius 1 is 1.14 bits per heavy atom. The number of ether oxygens (including phenoxy) is 3. The zero-order valence-electron chi connectivity index (χ0n) is 12.4. The molecule has 1 heterocycles. The molecule has 0 saturated heterocycles. The number of hydrogen-bond donors (Lipinski definition) is 2. The lowest BCUT2D eigenvalue weighted by atomic mass is 9.97. The van der Waals surface area contributed by atoms with Crippen molar-refractivity contribution in [3.8, 4) is 0 Å². The van der Waals surface area contributed by atoms with Gasteiger partial charge in [-0.25, -0.2) is 9.59 Å². The Balaban J connectivity index is 0.000000486. The summed E-state index contributed by atoms with van der Waals surface area (Å²) >= 11 is 0. The predicted molar refractivity (Wildman–Crippen MR) is 73.8 cm³/mol. The van der Waals surface area contributed by atoms with Gasteiger partial charge in [-0.2, -0.15) is 0 Å². The Kier molecular flexibility index (Phi) is 9.07. The van der Waals surface area contributed by atoms with E-state index in [9.17, 15) is 9.59 Å². The molecule has 0 amide bonds. The van der Waals surface area contributed by atoms with Crippen molar-refractivity contribution < 1.29 is 34.0 Å². The average molecular weight is 302 g/mol. The van der Waals surface area contributed by atoms with Crippen molar-refractivity contribution in [1.82, 2.24) is 0 Å². The number of rotatable bonds is 2. The second-order valence-corrected chi connectivity index (χ2v) is 5.10. The van der Waals surface area contributed by atoms with Gasteiger partial charge in [0, 0.05) is 5.41 Å². The van der Waals surface area contributed by atoms with Gasteiger partial charge in [0.2, 0.25) is 0 Å². The van der Waals surface area contributed by atoms with Gasteiger partial charge in [-0.1, -0.05) is 13.8 Å². The van der Waals surface area contributed by atoms with Crippen molar-refractivity contribution in [3.63, 3.8) is 0 Å². The molecule has 7 nitrogen and oxygen atoms in total. The topological polar surface area (TPSA) is 102 Å². The Hall–Kier alpha value is -1.86. The van der Waals surface area contributed by atoms with E-state index in [1.807, 2.05) is 0 Å². The fourth-order valence-corrected chi connectivity index (χ4v) is 0.804. The normalized spacial score (nSPS) is 19.4. The van der Waals surface area contributed by atoms with Crippen LogP contribution in [0.25, 0.3) is 0 Å². The smallest absolute Gasteiger partial charge is 0.334 e. The lowest BCUT2D eigenvalue weighted by Crippen LogP contribution is -2.20. The second-order valence-electron chi connectivity index (χ2n) is 5.10. The van der Waals surface area contributed by atoms with E-state index < -0.39 is 18.0 Å². The SMILES string of the molecule is CC(C)(CO)CO.CC1COC(=O)C=COC=CC(=O)O1. The maximum absolute atomic E-state index is 11.0. The van der Waals surface area contributed by atoms with Gasteiger partial charge in [-0.05, 0) is 6.92 Å². The minimum absolute atomic E-state index is 0.0305. The van der Waals surface area contributed by atoms with Crippen LogP contribution in [0, 0.1) is 5.41 Å². The summed E-state index contributed by atoms with van der Waals surface area (Å²) in [4.78, 5) is 21.8. The molecule has 0 aromatic carbocycles. The molecule has 0 aromatic rings. The second kappa shape index (κ2) is 9.95. The highest BCUT2D eigenvalue weighted by atomic mass is 16.6. The van der Waals surface area contributed by atoms with E-state index in [1.54, 1.807) is 20.8 Å². The van der Waals surface area contributed by atoms with Gasteiger partial charge in [0.1, 0.15) is 12.7 Å². The van der Waals surface area contributed by atoms with Crippen LogP contribution in [0.3, 0.4) is 0 Å². The van der Waals surface area contributed by atoms with Crippen molar-refractivity contribution >= 4 is 11.9 Å². The number of hydrogen-bond acceptors (Lipinski definition) is 7. The van der Waals surface area contributed by atoms with E-state index in [4.69, 9.17) is 19.7 Å². The zero-order valence-corrected chi connectivity index (χ0v) is 12.4. The summed E-state index contributed by atoms with van der Waals surface area (Å²) in [6.07, 6.45) is 4.03. The summed E-state index contributed by atoms with van der Waals surface area (Å²) < 4.78 is 14.2. The molecule has 120 valence electrons. The summed E-state index contributed by atoms with van der Waals surface area (Å²) in [6, 6.07) is 0. The van der Waals surface area contributed by atoms with Crippen molar-refractivity contribution in [1.29, 1.82) is 0 Å². The number of carbonyl (C=O) groups is 2. The summed E-state index contributed by atoms with van der Waals surface area (Å²) in [5.41, 5.74) is -0.306. The van der Waals surface area contributed by atoms with E-state index in [1.165, 1.54) is 0 Å². The first-order valence-corrected chi connectivity index (χ1v) is 6.38. The van der Waals surface area contributed by atoms with E-state index in [0.717, 1.165) is 24.7 Å². The highest BCUT2D eigenvalue weighted by Crippen LogP contribution is 2.10. The minimum atomic E-state index is -0.539. The van der Waals surface area contributed by atoms with Crippen LogP contribution in [0.5, 0.6) is 0 Å². The third-order valence-electron chi connectivity index (χ3n) is 2.20.